The van der Waals surface area contributed by atoms with Gasteiger partial charge in [-0.05, 0) is 0 Å². The predicted molar refractivity (Wildman–Crippen MR) is 37.7 cm³/mol. The van der Waals surface area contributed by atoms with Gasteiger partial charge in [-0.15, -0.1) is 8.78 Å². The van der Waals surface area contributed by atoms with Crippen LogP contribution in [0.25, 0.3) is 0 Å². The van der Waals surface area contributed by atoms with Gasteiger partial charge in [-0.2, -0.15) is 0 Å². The van der Waals surface area contributed by atoms with Crippen molar-refractivity contribution in [3.05, 3.63) is 29.6 Å². The van der Waals surface area contributed by atoms with Gasteiger partial charge in [0.25, 0.3) is 0 Å². The van der Waals surface area contributed by atoms with Crippen LogP contribution in [0.4, 0.5) is 22.0 Å². The van der Waals surface area contributed by atoms with Crippen LogP contribution in [0.15, 0.2) is 12.1 Å². The van der Waals surface area contributed by atoms with Crippen LogP contribution < -0.4 is 4.74 Å². The third-order valence-corrected chi connectivity index (χ3v) is 1.26. The van der Waals surface area contributed by atoms with Gasteiger partial charge in [0.05, 0.1) is 0 Å². The third kappa shape index (κ3) is 2.73. The minimum absolute atomic E-state index is 0.195. The van der Waals surface area contributed by atoms with E-state index < -0.39 is 28.8 Å². The lowest BCUT2D eigenvalue weighted by Crippen LogP contribution is -2.17. The Bertz CT molecular complexity index is 325. The lowest BCUT2D eigenvalue weighted by Gasteiger charge is -2.11. The molecule has 0 radical (unpaired) electrons. The van der Waals surface area contributed by atoms with Gasteiger partial charge in [0.15, 0.2) is 17.4 Å². The van der Waals surface area contributed by atoms with Gasteiger partial charge in [-0.25, -0.2) is 13.2 Å². The average Bonchev–Trinajstić information content (AvgIpc) is 1.95. The van der Waals surface area contributed by atoms with Crippen molar-refractivity contribution in [1.82, 2.24) is 0 Å². The summed E-state index contributed by atoms with van der Waals surface area (Å²) in [7, 11) is 0. The average molecular weight is 233 g/mol. The molecule has 78 valence electrons. The highest BCUT2D eigenvalue weighted by molar-refractivity contribution is 6.20. The molecular formula is C7H2ClF5O. The van der Waals surface area contributed by atoms with Crippen molar-refractivity contribution < 1.29 is 26.7 Å². The first-order chi connectivity index (χ1) is 6.29. The standard InChI is InChI=1S/C7H2ClF5O/c8-7(12,13)14-6-4(10)1-3(9)2-5(6)11/h1-2H. The molecule has 0 saturated carbocycles. The Morgan fingerprint density at radius 3 is 1.86 bits per heavy atom. The summed E-state index contributed by atoms with van der Waals surface area (Å²) < 4.78 is 65.0. The maximum Gasteiger partial charge on any atom is 0.487 e. The highest BCUT2D eigenvalue weighted by atomic mass is 35.5. The number of halogens is 6. The summed E-state index contributed by atoms with van der Waals surface area (Å²) in [6.07, 6.45) is 0. The van der Waals surface area contributed by atoms with Crippen LogP contribution >= 0.6 is 11.6 Å². The highest BCUT2D eigenvalue weighted by Gasteiger charge is 2.31. The molecule has 1 aromatic rings. The molecule has 0 heterocycles. The smallest absolute Gasteiger partial charge is 0.414 e. The van der Waals surface area contributed by atoms with Gasteiger partial charge in [0.2, 0.25) is 0 Å². The van der Waals surface area contributed by atoms with E-state index in [0.29, 0.717) is 0 Å². The van der Waals surface area contributed by atoms with E-state index in [1.165, 1.54) is 0 Å². The van der Waals surface area contributed by atoms with Crippen molar-refractivity contribution in [2.24, 2.45) is 0 Å². The fraction of sp³-hybridized carbons (Fsp3) is 0.143. The molecule has 1 nitrogen and oxygen atoms in total. The van der Waals surface area contributed by atoms with Gasteiger partial charge < -0.3 is 4.74 Å². The summed E-state index contributed by atoms with van der Waals surface area (Å²) in [6, 6.07) is 0.391. The molecule has 0 unspecified atom stereocenters. The van der Waals surface area contributed by atoms with Crippen LogP contribution in [-0.4, -0.2) is 5.57 Å². The zero-order valence-corrected chi connectivity index (χ0v) is 7.09. The molecule has 0 aliphatic carbocycles. The van der Waals surface area contributed by atoms with Crippen LogP contribution in [0.3, 0.4) is 0 Å². The number of hydrogen-bond acceptors (Lipinski definition) is 1. The van der Waals surface area contributed by atoms with E-state index in [9.17, 15) is 22.0 Å². The Morgan fingerprint density at radius 1 is 1.07 bits per heavy atom. The molecule has 0 N–H and O–H groups in total. The van der Waals surface area contributed by atoms with Crippen LogP contribution in [0.2, 0.25) is 0 Å². The monoisotopic (exact) mass is 232 g/mol. The van der Waals surface area contributed by atoms with Crippen molar-refractivity contribution in [1.29, 1.82) is 0 Å². The maximum atomic E-state index is 12.6. The van der Waals surface area contributed by atoms with Gasteiger partial charge >= 0.3 is 5.57 Å². The van der Waals surface area contributed by atoms with E-state index in [0.717, 1.165) is 0 Å². The van der Waals surface area contributed by atoms with Gasteiger partial charge in [-0.3, -0.25) is 0 Å². The van der Waals surface area contributed by atoms with Crippen molar-refractivity contribution in [2.45, 2.75) is 5.57 Å². The first-order valence-corrected chi connectivity index (χ1v) is 3.57. The lowest BCUT2D eigenvalue weighted by molar-refractivity contribution is -0.101. The van der Waals surface area contributed by atoms with Crippen molar-refractivity contribution in [2.75, 3.05) is 0 Å². The molecule has 7 heteroatoms. The second kappa shape index (κ2) is 3.61. The fourth-order valence-electron chi connectivity index (χ4n) is 0.742. The Morgan fingerprint density at radius 2 is 1.50 bits per heavy atom. The minimum Gasteiger partial charge on any atom is -0.414 e. The van der Waals surface area contributed by atoms with Gasteiger partial charge in [0.1, 0.15) is 5.82 Å². The molecule has 0 atom stereocenters. The predicted octanol–water partition coefficient (Wildman–Crippen LogP) is 3.27. The molecule has 1 aromatic carbocycles. The quantitative estimate of drug-likeness (QED) is 0.562. The maximum absolute atomic E-state index is 12.6. The number of ether oxygens (including phenoxy) is 1. The van der Waals surface area contributed by atoms with Crippen LogP contribution in [0, 0.1) is 17.5 Å². The van der Waals surface area contributed by atoms with E-state index in [4.69, 9.17) is 0 Å². The molecule has 0 bridgehead atoms. The Kier molecular flexibility index (Phi) is 2.84. The summed E-state index contributed by atoms with van der Waals surface area (Å²) in [4.78, 5) is 0. The summed E-state index contributed by atoms with van der Waals surface area (Å²) in [5.74, 6) is -5.86. The normalized spacial score (nSPS) is 11.6. The van der Waals surface area contributed by atoms with Crippen molar-refractivity contribution >= 4 is 11.6 Å². The minimum atomic E-state index is -4.25. The summed E-state index contributed by atoms with van der Waals surface area (Å²) in [6.45, 7) is 0. The molecule has 1 rings (SSSR count). The van der Waals surface area contributed by atoms with Crippen molar-refractivity contribution in [3.8, 4) is 5.75 Å². The number of alkyl halides is 3. The topological polar surface area (TPSA) is 9.23 Å². The molecule has 0 spiro atoms. The number of rotatable bonds is 2. The first-order valence-electron chi connectivity index (χ1n) is 3.20. The van der Waals surface area contributed by atoms with Crippen LogP contribution in [0.1, 0.15) is 0 Å². The second-order valence-electron chi connectivity index (χ2n) is 2.25. The Balaban J connectivity index is 3.09. The summed E-state index contributed by atoms with van der Waals surface area (Å²) >= 11 is 4.27. The van der Waals surface area contributed by atoms with E-state index in [1.54, 1.807) is 0 Å². The molecule has 0 fully saturated rings. The van der Waals surface area contributed by atoms with Crippen molar-refractivity contribution in [3.63, 3.8) is 0 Å². The lowest BCUT2D eigenvalue weighted by atomic mass is 10.3. The molecular weight excluding hydrogens is 231 g/mol. The van der Waals surface area contributed by atoms with Crippen LogP contribution in [0.5, 0.6) is 5.75 Å². The fourth-order valence-corrected chi connectivity index (χ4v) is 0.819. The Hall–Kier alpha value is -1.04. The molecule has 14 heavy (non-hydrogen) atoms. The molecule has 0 aliphatic heterocycles. The molecule has 0 aliphatic rings. The zero-order chi connectivity index (χ0) is 10.9. The SMILES string of the molecule is Fc1cc(F)c(OC(F)(F)Cl)c(F)c1. The second-order valence-corrected chi connectivity index (χ2v) is 2.69. The van der Waals surface area contributed by atoms with Crippen LogP contribution in [-0.2, 0) is 0 Å². The van der Waals surface area contributed by atoms with E-state index >= 15 is 0 Å². The Labute approximate surface area is 80.0 Å². The van der Waals surface area contributed by atoms with Gasteiger partial charge in [0, 0.05) is 23.7 Å². The molecule has 0 amide bonds. The largest absolute Gasteiger partial charge is 0.487 e. The van der Waals surface area contributed by atoms with E-state index in [-0.39, 0.29) is 12.1 Å². The van der Waals surface area contributed by atoms with E-state index in [1.807, 2.05) is 0 Å². The van der Waals surface area contributed by atoms with Gasteiger partial charge in [-0.1, -0.05) is 0 Å². The first kappa shape index (κ1) is 11.0. The van der Waals surface area contributed by atoms with E-state index in [2.05, 4.69) is 16.3 Å². The summed E-state index contributed by atoms with van der Waals surface area (Å²) in [5, 5.41) is 0. The third-order valence-electron chi connectivity index (χ3n) is 1.18. The molecule has 0 aromatic heterocycles. The zero-order valence-electron chi connectivity index (χ0n) is 6.33. The highest BCUT2D eigenvalue weighted by Crippen LogP contribution is 2.30. The number of benzene rings is 1. The molecule has 0 saturated heterocycles. The summed E-state index contributed by atoms with van der Waals surface area (Å²) in [5.41, 5.74) is -4.25. The number of hydrogen-bond donors (Lipinski definition) is 0.